The Morgan fingerprint density at radius 1 is 1.17 bits per heavy atom. The molecule has 1 aliphatic rings. The highest BCUT2D eigenvalue weighted by Gasteiger charge is 2.25. The molecule has 1 aromatic carbocycles. The summed E-state index contributed by atoms with van der Waals surface area (Å²) in [5.41, 5.74) is 4.97. The number of anilines is 1. The number of hydrogen-bond acceptors (Lipinski definition) is 3. The van der Waals surface area contributed by atoms with Crippen LogP contribution in [-0.4, -0.2) is 16.5 Å². The van der Waals surface area contributed by atoms with Gasteiger partial charge in [-0.25, -0.2) is 9.97 Å². The van der Waals surface area contributed by atoms with Crippen molar-refractivity contribution in [3.63, 3.8) is 0 Å². The fraction of sp³-hybridized carbons (Fsp3) is 0.333. The molecule has 0 amide bonds. The molecule has 3 nitrogen and oxygen atoms in total. The summed E-state index contributed by atoms with van der Waals surface area (Å²) >= 11 is 0. The van der Waals surface area contributed by atoms with E-state index in [0.717, 1.165) is 30.3 Å². The molecule has 1 atom stereocenters. The van der Waals surface area contributed by atoms with Gasteiger partial charge in [0.1, 0.15) is 0 Å². The standard InChI is InChI=1S/C15H17N3/c1-10-7-11(2)18-15(17-10)16-9-13-8-12-5-3-4-6-14(12)13/h3-7,13H,8-9H2,1-2H3,(H,16,17,18). The SMILES string of the molecule is Cc1cc(C)nc(NCC2Cc3ccccc32)n1. The summed E-state index contributed by atoms with van der Waals surface area (Å²) in [5, 5.41) is 3.35. The first-order valence-electron chi connectivity index (χ1n) is 6.36. The second-order valence-corrected chi connectivity index (χ2v) is 4.96. The minimum absolute atomic E-state index is 0.602. The van der Waals surface area contributed by atoms with Crippen LogP contribution in [0.4, 0.5) is 5.95 Å². The van der Waals surface area contributed by atoms with Crippen molar-refractivity contribution in [2.24, 2.45) is 0 Å². The Morgan fingerprint density at radius 3 is 2.61 bits per heavy atom. The van der Waals surface area contributed by atoms with Gasteiger partial charge in [-0.1, -0.05) is 24.3 Å². The summed E-state index contributed by atoms with van der Waals surface area (Å²) in [4.78, 5) is 8.80. The Kier molecular flexibility index (Phi) is 2.74. The number of fused-ring (bicyclic) bond motifs is 1. The fourth-order valence-corrected chi connectivity index (χ4v) is 2.56. The minimum atomic E-state index is 0.602. The molecule has 1 aromatic heterocycles. The predicted molar refractivity (Wildman–Crippen MR) is 72.9 cm³/mol. The molecule has 2 aromatic rings. The quantitative estimate of drug-likeness (QED) is 0.895. The normalized spacial score (nSPS) is 16.9. The van der Waals surface area contributed by atoms with Gasteiger partial charge in [0, 0.05) is 23.9 Å². The Labute approximate surface area is 107 Å². The van der Waals surface area contributed by atoms with Crippen molar-refractivity contribution in [2.75, 3.05) is 11.9 Å². The molecule has 18 heavy (non-hydrogen) atoms. The average molecular weight is 239 g/mol. The molecule has 1 N–H and O–H groups in total. The van der Waals surface area contributed by atoms with Crippen LogP contribution in [0, 0.1) is 13.8 Å². The third-order valence-electron chi connectivity index (χ3n) is 3.45. The van der Waals surface area contributed by atoms with Crippen molar-refractivity contribution in [1.29, 1.82) is 0 Å². The van der Waals surface area contributed by atoms with Gasteiger partial charge in [-0.3, -0.25) is 0 Å². The van der Waals surface area contributed by atoms with Gasteiger partial charge >= 0.3 is 0 Å². The van der Waals surface area contributed by atoms with Gasteiger partial charge in [-0.05, 0) is 37.5 Å². The Morgan fingerprint density at radius 2 is 1.89 bits per heavy atom. The number of nitrogens with zero attached hydrogens (tertiary/aromatic N) is 2. The van der Waals surface area contributed by atoms with E-state index in [4.69, 9.17) is 0 Å². The largest absolute Gasteiger partial charge is 0.354 e. The van der Waals surface area contributed by atoms with E-state index in [9.17, 15) is 0 Å². The zero-order valence-corrected chi connectivity index (χ0v) is 10.8. The van der Waals surface area contributed by atoms with Crippen molar-refractivity contribution >= 4 is 5.95 Å². The van der Waals surface area contributed by atoms with Gasteiger partial charge in [-0.2, -0.15) is 0 Å². The molecule has 0 saturated carbocycles. The van der Waals surface area contributed by atoms with Gasteiger partial charge in [0.25, 0.3) is 0 Å². The van der Waals surface area contributed by atoms with Crippen LogP contribution in [0.3, 0.4) is 0 Å². The van der Waals surface area contributed by atoms with Gasteiger partial charge in [0.15, 0.2) is 0 Å². The minimum Gasteiger partial charge on any atom is -0.354 e. The summed E-state index contributed by atoms with van der Waals surface area (Å²) in [5.74, 6) is 1.35. The molecule has 1 aliphatic carbocycles. The first-order chi connectivity index (χ1) is 8.72. The van der Waals surface area contributed by atoms with Crippen molar-refractivity contribution in [3.8, 4) is 0 Å². The topological polar surface area (TPSA) is 37.8 Å². The Balaban J connectivity index is 1.66. The first-order valence-corrected chi connectivity index (χ1v) is 6.36. The van der Waals surface area contributed by atoms with Crippen LogP contribution in [0.25, 0.3) is 0 Å². The number of nitrogens with one attached hydrogen (secondary N) is 1. The lowest BCUT2D eigenvalue weighted by Crippen LogP contribution is -2.24. The van der Waals surface area contributed by atoms with Crippen molar-refractivity contribution in [1.82, 2.24) is 9.97 Å². The number of benzene rings is 1. The summed E-state index contributed by atoms with van der Waals surface area (Å²) in [6, 6.07) is 10.6. The smallest absolute Gasteiger partial charge is 0.223 e. The highest BCUT2D eigenvalue weighted by Crippen LogP contribution is 2.34. The van der Waals surface area contributed by atoms with Gasteiger partial charge in [0.2, 0.25) is 5.95 Å². The number of hydrogen-bond donors (Lipinski definition) is 1. The molecular weight excluding hydrogens is 222 g/mol. The van der Waals surface area contributed by atoms with Crippen LogP contribution < -0.4 is 5.32 Å². The lowest BCUT2D eigenvalue weighted by Gasteiger charge is -2.30. The third kappa shape index (κ3) is 2.08. The van der Waals surface area contributed by atoms with E-state index in [0.29, 0.717) is 5.92 Å². The summed E-state index contributed by atoms with van der Waals surface area (Å²) in [7, 11) is 0. The van der Waals surface area contributed by atoms with Crippen molar-refractivity contribution < 1.29 is 0 Å². The van der Waals surface area contributed by atoms with Gasteiger partial charge in [-0.15, -0.1) is 0 Å². The predicted octanol–water partition coefficient (Wildman–Crippen LogP) is 2.85. The molecule has 1 unspecified atom stereocenters. The van der Waals surface area contributed by atoms with E-state index < -0.39 is 0 Å². The number of rotatable bonds is 3. The van der Waals surface area contributed by atoms with Crippen LogP contribution in [0.5, 0.6) is 0 Å². The summed E-state index contributed by atoms with van der Waals surface area (Å²) < 4.78 is 0. The summed E-state index contributed by atoms with van der Waals surface area (Å²) in [6.07, 6.45) is 1.16. The molecule has 0 fully saturated rings. The second-order valence-electron chi connectivity index (χ2n) is 4.96. The van der Waals surface area contributed by atoms with Crippen molar-refractivity contribution in [3.05, 3.63) is 52.8 Å². The van der Waals surface area contributed by atoms with Crippen LogP contribution in [-0.2, 0) is 6.42 Å². The maximum Gasteiger partial charge on any atom is 0.223 e. The van der Waals surface area contributed by atoms with E-state index in [1.54, 1.807) is 0 Å². The van der Waals surface area contributed by atoms with Gasteiger partial charge in [0.05, 0.1) is 0 Å². The Bertz CT molecular complexity index is 557. The molecule has 0 saturated heterocycles. The van der Waals surface area contributed by atoms with Crippen LogP contribution in [0.2, 0.25) is 0 Å². The molecule has 0 aliphatic heterocycles. The molecule has 0 spiro atoms. The van der Waals surface area contributed by atoms with E-state index in [-0.39, 0.29) is 0 Å². The molecule has 3 rings (SSSR count). The maximum atomic E-state index is 4.40. The lowest BCUT2D eigenvalue weighted by molar-refractivity contribution is 0.633. The maximum absolute atomic E-state index is 4.40. The third-order valence-corrected chi connectivity index (χ3v) is 3.45. The van der Waals surface area contributed by atoms with Gasteiger partial charge < -0.3 is 5.32 Å². The number of aromatic nitrogens is 2. The first kappa shape index (κ1) is 11.2. The van der Waals surface area contributed by atoms with Crippen molar-refractivity contribution in [2.45, 2.75) is 26.2 Å². The lowest BCUT2D eigenvalue weighted by atomic mass is 9.78. The highest BCUT2D eigenvalue weighted by molar-refractivity contribution is 5.41. The van der Waals surface area contributed by atoms with E-state index in [1.165, 1.54) is 11.1 Å². The van der Waals surface area contributed by atoms with Crippen LogP contribution in [0.15, 0.2) is 30.3 Å². The monoisotopic (exact) mass is 239 g/mol. The molecule has 0 bridgehead atoms. The molecule has 3 heteroatoms. The van der Waals surface area contributed by atoms with E-state index in [2.05, 4.69) is 39.6 Å². The highest BCUT2D eigenvalue weighted by atomic mass is 15.1. The summed E-state index contributed by atoms with van der Waals surface area (Å²) in [6.45, 7) is 4.91. The zero-order valence-electron chi connectivity index (χ0n) is 10.8. The second kappa shape index (κ2) is 4.41. The van der Waals surface area contributed by atoms with E-state index in [1.807, 2.05) is 19.9 Å². The van der Waals surface area contributed by atoms with Crippen LogP contribution in [0.1, 0.15) is 28.4 Å². The molecule has 92 valence electrons. The molecule has 1 heterocycles. The van der Waals surface area contributed by atoms with E-state index >= 15 is 0 Å². The fourth-order valence-electron chi connectivity index (χ4n) is 2.56. The molecule has 0 radical (unpaired) electrons. The number of aryl methyl sites for hydroxylation is 2. The zero-order chi connectivity index (χ0) is 12.5. The molecular formula is C15H17N3. The van der Waals surface area contributed by atoms with Crippen LogP contribution >= 0.6 is 0 Å². The Hall–Kier alpha value is -1.90. The average Bonchev–Trinajstić information content (AvgIpc) is 2.29.